The lowest BCUT2D eigenvalue weighted by Gasteiger charge is -2.26. The van der Waals surface area contributed by atoms with Crippen molar-refractivity contribution in [3.8, 4) is 0 Å². The predicted molar refractivity (Wildman–Crippen MR) is 127 cm³/mol. The van der Waals surface area contributed by atoms with Gasteiger partial charge >= 0.3 is 0 Å². The van der Waals surface area contributed by atoms with E-state index in [4.69, 9.17) is 4.74 Å². The van der Waals surface area contributed by atoms with Gasteiger partial charge < -0.3 is 15.0 Å². The van der Waals surface area contributed by atoms with Crippen molar-refractivity contribution < 1.29 is 14.3 Å². The number of hydrogen-bond donors (Lipinski definition) is 1. The smallest absolute Gasteiger partial charge is 0.253 e. The number of amides is 2. The number of ether oxygens (including phenoxy) is 1. The molecular weight excluding hydrogens is 430 g/mol. The third-order valence-corrected chi connectivity index (χ3v) is 7.31. The van der Waals surface area contributed by atoms with Gasteiger partial charge in [-0.25, -0.2) is 0 Å². The molecule has 2 aliphatic heterocycles. The van der Waals surface area contributed by atoms with Crippen LogP contribution in [0.1, 0.15) is 28.1 Å². The monoisotopic (exact) mass is 459 g/mol. The van der Waals surface area contributed by atoms with Crippen LogP contribution in [0.15, 0.2) is 41.8 Å². The van der Waals surface area contributed by atoms with Crippen LogP contribution in [0.2, 0.25) is 0 Å². The molecule has 2 saturated heterocycles. The highest BCUT2D eigenvalue weighted by atomic mass is 32.2. The molecule has 4 rings (SSSR count). The summed E-state index contributed by atoms with van der Waals surface area (Å²) in [6.07, 6.45) is 2.32. The second-order valence-corrected chi connectivity index (χ2v) is 10.2. The predicted octanol–water partition coefficient (Wildman–Crippen LogP) is 3.56. The number of nitrogens with one attached hydrogen (secondary N) is 1. The van der Waals surface area contributed by atoms with Gasteiger partial charge in [0.2, 0.25) is 5.91 Å². The molecule has 1 atom stereocenters. The SMILES string of the molecule is O=C(CN(Cc1cccs1)CC1CCCO1)Nc1cccc(C(=O)N2CCSCC2)c1. The first-order chi connectivity index (χ1) is 15.2. The molecule has 1 unspecified atom stereocenters. The van der Waals surface area contributed by atoms with Crippen LogP contribution < -0.4 is 5.32 Å². The number of hydrogen-bond acceptors (Lipinski definition) is 6. The maximum Gasteiger partial charge on any atom is 0.253 e. The van der Waals surface area contributed by atoms with Crippen LogP contribution in [0.4, 0.5) is 5.69 Å². The fourth-order valence-corrected chi connectivity index (χ4v) is 5.62. The number of benzene rings is 1. The first kappa shape index (κ1) is 22.3. The second kappa shape index (κ2) is 11.1. The van der Waals surface area contributed by atoms with Gasteiger partial charge in [-0.2, -0.15) is 11.8 Å². The molecule has 31 heavy (non-hydrogen) atoms. The van der Waals surface area contributed by atoms with Crippen LogP contribution in [-0.2, 0) is 16.1 Å². The molecule has 0 bridgehead atoms. The van der Waals surface area contributed by atoms with E-state index in [0.717, 1.165) is 57.1 Å². The minimum atomic E-state index is -0.0754. The van der Waals surface area contributed by atoms with Gasteiger partial charge in [-0.1, -0.05) is 12.1 Å². The van der Waals surface area contributed by atoms with Gasteiger partial charge in [0.1, 0.15) is 0 Å². The zero-order chi connectivity index (χ0) is 21.5. The van der Waals surface area contributed by atoms with Crippen LogP contribution in [0.5, 0.6) is 0 Å². The van der Waals surface area contributed by atoms with Gasteiger partial charge in [-0.15, -0.1) is 11.3 Å². The van der Waals surface area contributed by atoms with Gasteiger partial charge in [0.25, 0.3) is 5.91 Å². The molecule has 0 aliphatic carbocycles. The summed E-state index contributed by atoms with van der Waals surface area (Å²) in [6, 6.07) is 11.4. The number of anilines is 1. The lowest BCUT2D eigenvalue weighted by Crippen LogP contribution is -2.38. The molecule has 1 aromatic heterocycles. The molecule has 2 amide bonds. The molecule has 1 N–H and O–H groups in total. The Morgan fingerprint density at radius 1 is 1.19 bits per heavy atom. The zero-order valence-electron chi connectivity index (χ0n) is 17.6. The van der Waals surface area contributed by atoms with Crippen LogP contribution in [-0.4, -0.2) is 72.0 Å². The molecule has 0 spiro atoms. The van der Waals surface area contributed by atoms with E-state index in [1.54, 1.807) is 17.4 Å². The summed E-state index contributed by atoms with van der Waals surface area (Å²) in [7, 11) is 0. The summed E-state index contributed by atoms with van der Waals surface area (Å²) in [4.78, 5) is 30.9. The third kappa shape index (κ3) is 6.55. The van der Waals surface area contributed by atoms with Crippen molar-refractivity contribution in [2.45, 2.75) is 25.5 Å². The van der Waals surface area contributed by atoms with E-state index in [0.29, 0.717) is 17.8 Å². The Morgan fingerprint density at radius 2 is 2.06 bits per heavy atom. The largest absolute Gasteiger partial charge is 0.377 e. The highest BCUT2D eigenvalue weighted by Gasteiger charge is 2.22. The molecule has 166 valence electrons. The van der Waals surface area contributed by atoms with Gasteiger partial charge in [-0.3, -0.25) is 14.5 Å². The standard InChI is InChI=1S/C23H29N3O3S2/c27-22(17-25(15-20-6-2-10-29-20)16-21-7-3-11-31-21)24-19-5-1-4-18(14-19)23(28)26-8-12-30-13-9-26/h1,3-5,7,11,14,20H,2,6,8-10,12-13,15-17H2,(H,24,27). The van der Waals surface area contributed by atoms with Gasteiger partial charge in [0, 0.05) is 60.4 Å². The summed E-state index contributed by atoms with van der Waals surface area (Å²) >= 11 is 3.58. The molecule has 6 nitrogen and oxygen atoms in total. The normalized spacial score (nSPS) is 19.0. The average Bonchev–Trinajstić information content (AvgIpc) is 3.48. The highest BCUT2D eigenvalue weighted by molar-refractivity contribution is 7.99. The summed E-state index contributed by atoms with van der Waals surface area (Å²) in [6.45, 7) is 4.13. The Bertz CT molecular complexity index is 863. The van der Waals surface area contributed by atoms with E-state index in [9.17, 15) is 9.59 Å². The topological polar surface area (TPSA) is 61.9 Å². The van der Waals surface area contributed by atoms with Crippen LogP contribution in [0.25, 0.3) is 0 Å². The summed E-state index contributed by atoms with van der Waals surface area (Å²) in [5, 5.41) is 5.04. The Kier molecular flexibility index (Phi) is 8.02. The highest BCUT2D eigenvalue weighted by Crippen LogP contribution is 2.19. The lowest BCUT2D eigenvalue weighted by molar-refractivity contribution is -0.117. The summed E-state index contributed by atoms with van der Waals surface area (Å²) in [5.74, 6) is 1.92. The van der Waals surface area contributed by atoms with Gasteiger partial charge in [-0.05, 0) is 42.5 Å². The molecule has 3 heterocycles. The molecule has 8 heteroatoms. The molecule has 1 aromatic carbocycles. The van der Waals surface area contributed by atoms with Crippen molar-refractivity contribution in [1.29, 1.82) is 0 Å². The van der Waals surface area contributed by atoms with E-state index in [-0.39, 0.29) is 17.9 Å². The van der Waals surface area contributed by atoms with Crippen LogP contribution in [0, 0.1) is 0 Å². The lowest BCUT2D eigenvalue weighted by atomic mass is 10.1. The van der Waals surface area contributed by atoms with E-state index >= 15 is 0 Å². The number of carbonyl (C=O) groups is 2. The second-order valence-electron chi connectivity index (χ2n) is 7.92. The quantitative estimate of drug-likeness (QED) is 0.654. The molecule has 0 saturated carbocycles. The number of thiophene rings is 1. The zero-order valence-corrected chi connectivity index (χ0v) is 19.3. The van der Waals surface area contributed by atoms with Gasteiger partial charge in [0.05, 0.1) is 12.6 Å². The van der Waals surface area contributed by atoms with Crippen molar-refractivity contribution in [3.63, 3.8) is 0 Å². The third-order valence-electron chi connectivity index (χ3n) is 5.50. The first-order valence-electron chi connectivity index (χ1n) is 10.8. The van der Waals surface area contributed by atoms with E-state index < -0.39 is 0 Å². The van der Waals surface area contributed by atoms with Crippen molar-refractivity contribution in [2.75, 3.05) is 49.6 Å². The maximum atomic E-state index is 12.8. The van der Waals surface area contributed by atoms with E-state index in [2.05, 4.69) is 21.7 Å². The fourth-order valence-electron chi connectivity index (χ4n) is 3.97. The Morgan fingerprint density at radius 3 is 2.81 bits per heavy atom. The summed E-state index contributed by atoms with van der Waals surface area (Å²) in [5.41, 5.74) is 1.29. The Balaban J connectivity index is 1.37. The first-order valence-corrected chi connectivity index (χ1v) is 12.8. The van der Waals surface area contributed by atoms with Crippen molar-refractivity contribution in [2.24, 2.45) is 0 Å². The number of carbonyl (C=O) groups excluding carboxylic acids is 2. The summed E-state index contributed by atoms with van der Waals surface area (Å²) < 4.78 is 5.79. The number of nitrogens with zero attached hydrogens (tertiary/aromatic N) is 2. The van der Waals surface area contributed by atoms with Crippen molar-refractivity contribution in [1.82, 2.24) is 9.80 Å². The molecule has 2 fully saturated rings. The minimum Gasteiger partial charge on any atom is -0.377 e. The van der Waals surface area contributed by atoms with Crippen LogP contribution in [0.3, 0.4) is 0 Å². The fraction of sp³-hybridized carbons (Fsp3) is 0.478. The van der Waals surface area contributed by atoms with Crippen LogP contribution >= 0.6 is 23.1 Å². The average molecular weight is 460 g/mol. The number of rotatable bonds is 8. The Hall–Kier alpha value is -1.87. The Labute approximate surface area is 191 Å². The molecule has 0 radical (unpaired) electrons. The molecule has 2 aliphatic rings. The minimum absolute atomic E-state index is 0.0362. The molecule has 2 aromatic rings. The van der Waals surface area contributed by atoms with E-state index in [1.165, 1.54) is 4.88 Å². The number of thioether (sulfide) groups is 1. The van der Waals surface area contributed by atoms with Crippen molar-refractivity contribution >= 4 is 40.6 Å². The maximum absolute atomic E-state index is 12.8. The molecular formula is C23H29N3O3S2. The van der Waals surface area contributed by atoms with E-state index in [1.807, 2.05) is 40.9 Å². The van der Waals surface area contributed by atoms with Crippen molar-refractivity contribution in [3.05, 3.63) is 52.2 Å². The van der Waals surface area contributed by atoms with Gasteiger partial charge in [0.15, 0.2) is 0 Å².